The Labute approximate surface area is 193 Å². The van der Waals surface area contributed by atoms with Crippen LogP contribution in [0.5, 0.6) is 11.5 Å². The van der Waals surface area contributed by atoms with Crippen molar-refractivity contribution in [2.24, 2.45) is 0 Å². The number of methoxy groups -OCH3 is 1. The molecule has 10 nitrogen and oxygen atoms in total. The van der Waals surface area contributed by atoms with Crippen LogP contribution in [-0.4, -0.2) is 34.1 Å². The minimum atomic E-state index is -0.617. The van der Waals surface area contributed by atoms with Crippen molar-refractivity contribution in [3.05, 3.63) is 69.5 Å². The molecule has 2 aromatic heterocycles. The van der Waals surface area contributed by atoms with Crippen LogP contribution in [-0.2, 0) is 16.1 Å². The predicted octanol–water partition coefficient (Wildman–Crippen LogP) is 5.00. The second-order valence-corrected chi connectivity index (χ2v) is 7.74. The van der Waals surface area contributed by atoms with Gasteiger partial charge < -0.3 is 19.2 Å². The van der Waals surface area contributed by atoms with E-state index >= 15 is 0 Å². The van der Waals surface area contributed by atoms with E-state index in [1.807, 2.05) is 12.1 Å². The van der Waals surface area contributed by atoms with Crippen LogP contribution in [0.1, 0.15) is 35.5 Å². The lowest BCUT2D eigenvalue weighted by molar-refractivity contribution is -0.385. The molecule has 0 fully saturated rings. The number of esters is 1. The van der Waals surface area contributed by atoms with Crippen molar-refractivity contribution in [2.75, 3.05) is 7.11 Å². The highest BCUT2D eigenvalue weighted by Crippen LogP contribution is 2.35. The number of fused-ring (bicyclic) bond motifs is 3. The van der Waals surface area contributed by atoms with Gasteiger partial charge in [0.05, 0.1) is 29.3 Å². The number of hydrogen-bond donors (Lipinski definition) is 1. The summed E-state index contributed by atoms with van der Waals surface area (Å²) in [5.41, 5.74) is 1.86. The highest BCUT2D eigenvalue weighted by molar-refractivity contribution is 6.11. The predicted molar refractivity (Wildman–Crippen MR) is 123 cm³/mol. The molecule has 0 radical (unpaired) electrons. The molecule has 0 saturated carbocycles. The topological polar surface area (TPSA) is 140 Å². The third-order valence-corrected chi connectivity index (χ3v) is 5.06. The summed E-state index contributed by atoms with van der Waals surface area (Å²) in [6.07, 6.45) is 1.27. The summed E-state index contributed by atoms with van der Waals surface area (Å²) in [5.74, 6) is 0.180. The molecular formula is C24H20N4O6. The molecule has 0 bridgehead atoms. The number of hydrogen-bond acceptors (Lipinski definition) is 8. The zero-order valence-electron chi connectivity index (χ0n) is 18.6. The van der Waals surface area contributed by atoms with E-state index in [1.54, 1.807) is 32.2 Å². The fraction of sp³-hybridized carbons (Fsp3) is 0.208. The lowest BCUT2D eigenvalue weighted by Gasteiger charge is -2.12. The quantitative estimate of drug-likeness (QED) is 0.231. The van der Waals surface area contributed by atoms with E-state index in [4.69, 9.17) is 14.2 Å². The van der Waals surface area contributed by atoms with E-state index in [1.165, 1.54) is 25.3 Å². The van der Waals surface area contributed by atoms with E-state index in [-0.39, 0.29) is 35.4 Å². The summed E-state index contributed by atoms with van der Waals surface area (Å²) < 4.78 is 16.6. The maximum absolute atomic E-state index is 12.6. The number of pyridine rings is 1. The number of nitro groups is 1. The number of aromatic nitrogens is 2. The van der Waals surface area contributed by atoms with Gasteiger partial charge in [0.1, 0.15) is 23.1 Å². The van der Waals surface area contributed by atoms with Gasteiger partial charge in [0.25, 0.3) is 5.69 Å². The largest absolute Gasteiger partial charge is 0.458 e. The van der Waals surface area contributed by atoms with Gasteiger partial charge in [-0.25, -0.2) is 9.78 Å². The molecule has 0 atom stereocenters. The summed E-state index contributed by atoms with van der Waals surface area (Å²) in [4.78, 5) is 30.7. The Hall–Kier alpha value is -4.49. The molecule has 4 rings (SSSR count). The Morgan fingerprint density at radius 3 is 2.62 bits per heavy atom. The van der Waals surface area contributed by atoms with E-state index in [0.717, 1.165) is 16.3 Å². The first-order valence-electron chi connectivity index (χ1n) is 10.3. The number of H-pyrrole nitrogens is 1. The fourth-order valence-electron chi connectivity index (χ4n) is 3.70. The zero-order chi connectivity index (χ0) is 24.4. The first kappa shape index (κ1) is 22.7. The lowest BCUT2D eigenvalue weighted by atomic mass is 10.1. The molecule has 0 aliphatic heterocycles. The number of rotatable bonds is 7. The third kappa shape index (κ3) is 4.24. The highest BCUT2D eigenvalue weighted by atomic mass is 16.6. The van der Waals surface area contributed by atoms with Crippen LogP contribution in [0.15, 0.2) is 42.6 Å². The smallest absolute Gasteiger partial charge is 0.357 e. The molecule has 0 amide bonds. The second kappa shape index (κ2) is 9.17. The van der Waals surface area contributed by atoms with Crippen LogP contribution in [0.25, 0.3) is 21.8 Å². The standard InChI is InChI=1S/C24H20N4O6/c1-13(2)33-24(29)23-18(12-32-3)22-17-9-16(4-6-19(17)27-20(22)11-26-23)34-15-5-7-21(28(30)31)14(8-15)10-25/h4-9,11,13,27H,12H2,1-3H3. The van der Waals surface area contributed by atoms with Crippen LogP contribution in [0.2, 0.25) is 0 Å². The van der Waals surface area contributed by atoms with Gasteiger partial charge in [0.15, 0.2) is 5.69 Å². The van der Waals surface area contributed by atoms with Crippen molar-refractivity contribution in [3.8, 4) is 17.6 Å². The summed E-state index contributed by atoms with van der Waals surface area (Å²) >= 11 is 0. The van der Waals surface area contributed by atoms with Crippen molar-refractivity contribution in [1.82, 2.24) is 9.97 Å². The summed E-state index contributed by atoms with van der Waals surface area (Å²) in [5, 5.41) is 21.8. The first-order chi connectivity index (χ1) is 16.3. The number of nitrogens with one attached hydrogen (secondary N) is 1. The first-order valence-corrected chi connectivity index (χ1v) is 10.3. The number of aromatic amines is 1. The lowest BCUT2D eigenvalue weighted by Crippen LogP contribution is -2.15. The Kier molecular flexibility index (Phi) is 6.12. The van der Waals surface area contributed by atoms with Crippen LogP contribution >= 0.6 is 0 Å². The summed E-state index contributed by atoms with van der Waals surface area (Å²) in [6.45, 7) is 3.66. The number of nitro benzene ring substituents is 1. The zero-order valence-corrected chi connectivity index (χ0v) is 18.6. The summed E-state index contributed by atoms with van der Waals surface area (Å²) in [6, 6.07) is 11.1. The van der Waals surface area contributed by atoms with Crippen molar-refractivity contribution in [2.45, 2.75) is 26.6 Å². The van der Waals surface area contributed by atoms with E-state index in [0.29, 0.717) is 16.8 Å². The van der Waals surface area contributed by atoms with Crippen LogP contribution in [0, 0.1) is 21.4 Å². The molecule has 172 valence electrons. The molecule has 0 saturated heterocycles. The monoisotopic (exact) mass is 460 g/mol. The van der Waals surface area contributed by atoms with Gasteiger partial charge in [-0.15, -0.1) is 0 Å². The minimum absolute atomic E-state index is 0.0996. The molecule has 0 aliphatic carbocycles. The normalized spacial score (nSPS) is 11.0. The number of nitriles is 1. The van der Waals surface area contributed by atoms with Crippen LogP contribution in [0.3, 0.4) is 0 Å². The van der Waals surface area contributed by atoms with Gasteiger partial charge in [0, 0.05) is 41.1 Å². The molecule has 1 N–H and O–H groups in total. The van der Waals surface area contributed by atoms with E-state index < -0.39 is 10.9 Å². The molecular weight excluding hydrogens is 440 g/mol. The van der Waals surface area contributed by atoms with Gasteiger partial charge in [-0.2, -0.15) is 5.26 Å². The average Bonchev–Trinajstić information content (AvgIpc) is 3.17. The van der Waals surface area contributed by atoms with Gasteiger partial charge in [-0.1, -0.05) is 0 Å². The molecule has 2 heterocycles. The van der Waals surface area contributed by atoms with Crippen molar-refractivity contribution >= 4 is 33.5 Å². The van der Waals surface area contributed by atoms with Gasteiger partial charge in [-0.05, 0) is 38.1 Å². The summed E-state index contributed by atoms with van der Waals surface area (Å²) in [7, 11) is 1.53. The third-order valence-electron chi connectivity index (χ3n) is 5.06. The fourth-order valence-corrected chi connectivity index (χ4v) is 3.70. The van der Waals surface area contributed by atoms with Gasteiger partial charge in [-0.3, -0.25) is 10.1 Å². The maximum atomic E-state index is 12.6. The Morgan fingerprint density at radius 1 is 1.21 bits per heavy atom. The Morgan fingerprint density at radius 2 is 1.94 bits per heavy atom. The number of ether oxygens (including phenoxy) is 3. The molecule has 34 heavy (non-hydrogen) atoms. The Bertz CT molecular complexity index is 1470. The number of carbonyl (C=O) groups is 1. The average molecular weight is 460 g/mol. The number of nitrogens with zero attached hydrogens (tertiary/aromatic N) is 3. The van der Waals surface area contributed by atoms with Crippen LogP contribution < -0.4 is 4.74 Å². The number of carbonyl (C=O) groups excluding carboxylic acids is 1. The molecule has 4 aromatic rings. The number of benzene rings is 2. The molecule has 10 heteroatoms. The molecule has 0 unspecified atom stereocenters. The maximum Gasteiger partial charge on any atom is 0.357 e. The molecule has 0 aliphatic rings. The minimum Gasteiger partial charge on any atom is -0.458 e. The van der Waals surface area contributed by atoms with Gasteiger partial charge >= 0.3 is 5.97 Å². The van der Waals surface area contributed by atoms with Crippen molar-refractivity contribution in [3.63, 3.8) is 0 Å². The van der Waals surface area contributed by atoms with Crippen LogP contribution in [0.4, 0.5) is 5.69 Å². The second-order valence-electron chi connectivity index (χ2n) is 7.74. The highest BCUT2D eigenvalue weighted by Gasteiger charge is 2.22. The molecule has 2 aromatic carbocycles. The van der Waals surface area contributed by atoms with E-state index in [2.05, 4.69) is 9.97 Å². The molecule has 0 spiro atoms. The SMILES string of the molecule is COCc1c(C(=O)OC(C)C)ncc2[nH]c3ccc(Oc4ccc([N+](=O)[O-])c(C#N)c4)cc3c12. The Balaban J connectivity index is 1.81. The van der Waals surface area contributed by atoms with Crippen molar-refractivity contribution in [1.29, 1.82) is 5.26 Å². The van der Waals surface area contributed by atoms with Gasteiger partial charge in [0.2, 0.25) is 0 Å². The van der Waals surface area contributed by atoms with Crippen molar-refractivity contribution < 1.29 is 23.9 Å². The van der Waals surface area contributed by atoms with E-state index in [9.17, 15) is 20.2 Å².